The molecule has 0 radical (unpaired) electrons. The number of amides is 1. The highest BCUT2D eigenvalue weighted by Gasteiger charge is 2.34. The van der Waals surface area contributed by atoms with Gasteiger partial charge in [-0.2, -0.15) is 0 Å². The third-order valence-electron chi connectivity index (χ3n) is 8.33. The molecule has 3 aromatic rings. The molecule has 2 heterocycles. The van der Waals surface area contributed by atoms with Crippen molar-refractivity contribution in [1.82, 2.24) is 19.9 Å². The number of rotatable bonds is 8. The van der Waals surface area contributed by atoms with Crippen LogP contribution in [-0.2, 0) is 14.8 Å². The van der Waals surface area contributed by atoms with Crippen molar-refractivity contribution in [3.8, 4) is 0 Å². The summed E-state index contributed by atoms with van der Waals surface area (Å²) in [4.78, 5) is 22.7. The lowest BCUT2D eigenvalue weighted by molar-refractivity contribution is -0.128. The largest absolute Gasteiger partial charge is 0.388 e. The molecular weight excluding hydrogens is 538 g/mol. The molecule has 0 bridgehead atoms. The first-order valence-corrected chi connectivity index (χ1v) is 15.9. The minimum atomic E-state index is -3.73. The predicted molar refractivity (Wildman–Crippen MR) is 161 cm³/mol. The minimum absolute atomic E-state index is 0.111. The number of carbonyl (C=O) groups is 1. The van der Waals surface area contributed by atoms with E-state index in [1.54, 1.807) is 32.0 Å². The summed E-state index contributed by atoms with van der Waals surface area (Å²) in [6, 6.07) is 17.6. The first-order valence-electron chi connectivity index (χ1n) is 14.4. The molecule has 5 rings (SSSR count). The second-order valence-corrected chi connectivity index (χ2v) is 13.7. The average Bonchev–Trinajstić information content (AvgIpc) is 2.95. The smallest absolute Gasteiger partial charge is 0.240 e. The zero-order valence-corrected chi connectivity index (χ0v) is 24.9. The molecule has 2 aliphatic rings. The van der Waals surface area contributed by atoms with Crippen LogP contribution in [0.3, 0.4) is 0 Å². The van der Waals surface area contributed by atoms with Gasteiger partial charge in [-0.3, -0.25) is 4.79 Å². The quantitative estimate of drug-likeness (QED) is 0.375. The van der Waals surface area contributed by atoms with Crippen LogP contribution >= 0.6 is 0 Å². The number of fused-ring (bicyclic) bond motifs is 1. The SMILES string of the molecule is CN1CCN(c2ccc3cc(S(=O)(=O)N[C@H]4CC[C@H](C(=O)N[C@H](c5ccccc5)C(C)(C)O)CC4)ccc3n2)CC1. The Labute approximate surface area is 243 Å². The number of hydrogen-bond donors (Lipinski definition) is 3. The Kier molecular flexibility index (Phi) is 8.65. The number of carbonyl (C=O) groups excluding carboxylic acids is 1. The molecule has 0 unspecified atom stereocenters. The summed E-state index contributed by atoms with van der Waals surface area (Å²) in [7, 11) is -1.61. The molecule has 41 heavy (non-hydrogen) atoms. The van der Waals surface area contributed by atoms with E-state index in [1.165, 1.54) is 0 Å². The van der Waals surface area contributed by atoms with Gasteiger partial charge in [0.25, 0.3) is 0 Å². The van der Waals surface area contributed by atoms with Gasteiger partial charge in [0.15, 0.2) is 0 Å². The van der Waals surface area contributed by atoms with Crippen molar-refractivity contribution in [1.29, 1.82) is 0 Å². The predicted octanol–water partition coefficient (Wildman–Crippen LogP) is 3.45. The van der Waals surface area contributed by atoms with Crippen LogP contribution in [0, 0.1) is 5.92 Å². The fourth-order valence-electron chi connectivity index (χ4n) is 5.81. The zero-order chi connectivity index (χ0) is 29.2. The number of nitrogens with one attached hydrogen (secondary N) is 2. The molecule has 1 saturated carbocycles. The summed E-state index contributed by atoms with van der Waals surface area (Å²) >= 11 is 0. The lowest BCUT2D eigenvalue weighted by atomic mass is 9.84. The fraction of sp³-hybridized carbons (Fsp3) is 0.484. The van der Waals surface area contributed by atoms with E-state index < -0.39 is 21.7 Å². The van der Waals surface area contributed by atoms with Crippen molar-refractivity contribution in [2.24, 2.45) is 5.92 Å². The monoisotopic (exact) mass is 579 g/mol. The molecule has 1 aromatic heterocycles. The van der Waals surface area contributed by atoms with Gasteiger partial charge in [-0.1, -0.05) is 30.3 Å². The molecule has 1 atom stereocenters. The highest BCUT2D eigenvalue weighted by molar-refractivity contribution is 7.89. The Hall–Kier alpha value is -3.05. The average molecular weight is 580 g/mol. The summed E-state index contributed by atoms with van der Waals surface area (Å²) < 4.78 is 29.4. The molecule has 1 aliphatic heterocycles. The number of likely N-dealkylation sites (N-methyl/N-ethyl adjacent to an activating group) is 1. The normalized spacial score (nSPS) is 21.5. The van der Waals surface area contributed by atoms with Gasteiger partial charge in [0.2, 0.25) is 15.9 Å². The van der Waals surface area contributed by atoms with Gasteiger partial charge < -0.3 is 20.2 Å². The van der Waals surface area contributed by atoms with Crippen molar-refractivity contribution in [2.45, 2.75) is 62.1 Å². The first-order chi connectivity index (χ1) is 19.5. The fourth-order valence-corrected chi connectivity index (χ4v) is 7.15. The number of benzene rings is 2. The van der Waals surface area contributed by atoms with Gasteiger partial charge in [-0.05, 0) is 82.5 Å². The zero-order valence-electron chi connectivity index (χ0n) is 24.1. The van der Waals surface area contributed by atoms with E-state index >= 15 is 0 Å². The third kappa shape index (κ3) is 7.06. The standard InChI is InChI=1S/C31H41N5O4S/c1-31(2,38)29(22-7-5-4-6-8-22)33-30(37)23-9-12-25(13-10-23)34-41(39,40)26-14-15-27-24(21-26)11-16-28(32-27)36-19-17-35(3)18-20-36/h4-8,11,14-16,21,23,25,29,34,38H,9-10,12-13,17-20H2,1-3H3,(H,33,37)/t23-,25-,29-/m1/s1. The topological polar surface area (TPSA) is 115 Å². The molecule has 9 nitrogen and oxygen atoms in total. The molecular formula is C31H41N5O4S. The molecule has 3 N–H and O–H groups in total. The number of pyridine rings is 1. The van der Waals surface area contributed by atoms with E-state index in [2.05, 4.69) is 26.9 Å². The molecule has 2 aromatic carbocycles. The summed E-state index contributed by atoms with van der Waals surface area (Å²) in [6.45, 7) is 7.19. The van der Waals surface area contributed by atoms with Gasteiger partial charge in [-0.25, -0.2) is 18.1 Å². The summed E-state index contributed by atoms with van der Waals surface area (Å²) in [5.74, 6) is 0.573. The van der Waals surface area contributed by atoms with Crippen LogP contribution in [0.15, 0.2) is 65.6 Å². The van der Waals surface area contributed by atoms with Crippen molar-refractivity contribution >= 4 is 32.7 Å². The van der Waals surface area contributed by atoms with E-state index in [-0.39, 0.29) is 22.8 Å². The Morgan fingerprint density at radius 1 is 0.976 bits per heavy atom. The van der Waals surface area contributed by atoms with Crippen molar-refractivity contribution in [3.63, 3.8) is 0 Å². The summed E-state index contributed by atoms with van der Waals surface area (Å²) in [5.41, 5.74) is 0.480. The second-order valence-electron chi connectivity index (χ2n) is 12.0. The van der Waals surface area contributed by atoms with E-state index in [4.69, 9.17) is 4.98 Å². The number of aromatic nitrogens is 1. The van der Waals surface area contributed by atoms with Gasteiger partial charge >= 0.3 is 0 Å². The number of aliphatic hydroxyl groups is 1. The van der Waals surface area contributed by atoms with Crippen LogP contribution in [0.2, 0.25) is 0 Å². The van der Waals surface area contributed by atoms with Crippen molar-refractivity contribution < 1.29 is 18.3 Å². The Morgan fingerprint density at radius 3 is 2.32 bits per heavy atom. The van der Waals surface area contributed by atoms with Gasteiger partial charge in [0.1, 0.15) is 5.82 Å². The lowest BCUT2D eigenvalue weighted by Gasteiger charge is -2.34. The number of piperazine rings is 1. The summed E-state index contributed by atoms with van der Waals surface area (Å²) in [6.07, 6.45) is 2.28. The molecule has 1 amide bonds. The molecule has 1 saturated heterocycles. The maximum absolute atomic E-state index is 13.3. The van der Waals surface area contributed by atoms with E-state index in [9.17, 15) is 18.3 Å². The van der Waals surface area contributed by atoms with Crippen LogP contribution in [0.5, 0.6) is 0 Å². The third-order valence-corrected chi connectivity index (χ3v) is 9.85. The summed E-state index contributed by atoms with van der Waals surface area (Å²) in [5, 5.41) is 14.5. The van der Waals surface area contributed by atoms with Gasteiger partial charge in [0.05, 0.1) is 22.1 Å². The van der Waals surface area contributed by atoms with Gasteiger partial charge in [0, 0.05) is 43.5 Å². The van der Waals surface area contributed by atoms with Crippen molar-refractivity contribution in [3.05, 3.63) is 66.2 Å². The number of hydrogen-bond acceptors (Lipinski definition) is 7. The van der Waals surface area contributed by atoms with Crippen LogP contribution in [0.25, 0.3) is 10.9 Å². The maximum atomic E-state index is 13.3. The minimum Gasteiger partial charge on any atom is -0.388 e. The number of nitrogens with zero attached hydrogens (tertiary/aromatic N) is 3. The Bertz CT molecular complexity index is 1460. The molecule has 0 spiro atoms. The maximum Gasteiger partial charge on any atom is 0.240 e. The molecule has 2 fully saturated rings. The van der Waals surface area contributed by atoms with Gasteiger partial charge in [-0.15, -0.1) is 0 Å². The van der Waals surface area contributed by atoms with Crippen LogP contribution in [0.4, 0.5) is 5.82 Å². The number of sulfonamides is 1. The first kappa shape index (κ1) is 29.4. The van der Waals surface area contributed by atoms with E-state index in [0.29, 0.717) is 25.7 Å². The molecule has 1 aliphatic carbocycles. The van der Waals surface area contributed by atoms with Crippen LogP contribution in [0.1, 0.15) is 51.1 Å². The molecule has 220 valence electrons. The van der Waals surface area contributed by atoms with Crippen LogP contribution in [-0.4, -0.2) is 74.2 Å². The van der Waals surface area contributed by atoms with E-state index in [0.717, 1.165) is 48.5 Å². The van der Waals surface area contributed by atoms with Crippen molar-refractivity contribution in [2.75, 3.05) is 38.1 Å². The van der Waals surface area contributed by atoms with E-state index in [1.807, 2.05) is 42.5 Å². The lowest BCUT2D eigenvalue weighted by Crippen LogP contribution is -2.46. The van der Waals surface area contributed by atoms with Crippen LogP contribution < -0.4 is 14.9 Å². The number of anilines is 1. The Morgan fingerprint density at radius 2 is 1.66 bits per heavy atom. The molecule has 10 heteroatoms. The highest BCUT2D eigenvalue weighted by atomic mass is 32.2. The Balaban J connectivity index is 1.19. The highest BCUT2D eigenvalue weighted by Crippen LogP contribution is 2.30. The second kappa shape index (κ2) is 12.1.